The highest BCUT2D eigenvalue weighted by Crippen LogP contribution is 2.21. The van der Waals surface area contributed by atoms with Gasteiger partial charge >= 0.3 is 0 Å². The fourth-order valence-corrected chi connectivity index (χ4v) is 2.64. The summed E-state index contributed by atoms with van der Waals surface area (Å²) in [5.74, 6) is -1.07. The Balaban J connectivity index is 2.04. The monoisotopic (exact) mass is 341 g/mol. The first-order chi connectivity index (χ1) is 11.8. The topological polar surface area (TPSA) is 101 Å². The average Bonchev–Trinajstić information content (AvgIpc) is 2.55. The van der Waals surface area contributed by atoms with Gasteiger partial charge in [0.2, 0.25) is 5.91 Å². The highest BCUT2D eigenvalue weighted by molar-refractivity contribution is 6.01. The lowest BCUT2D eigenvalue weighted by atomic mass is 10.1. The van der Waals surface area contributed by atoms with Gasteiger partial charge in [0.1, 0.15) is 5.56 Å². The smallest absolute Gasteiger partial charge is 0.282 e. The zero-order valence-corrected chi connectivity index (χ0v) is 14.3. The molecule has 7 heteroatoms. The predicted molar refractivity (Wildman–Crippen MR) is 94.7 cm³/mol. The molecule has 2 aromatic carbocycles. The maximum atomic E-state index is 12.1. The van der Waals surface area contributed by atoms with E-state index in [1.807, 2.05) is 32.9 Å². The Morgan fingerprint density at radius 2 is 1.68 bits per heavy atom. The van der Waals surface area contributed by atoms with Crippen molar-refractivity contribution in [3.05, 3.63) is 68.8 Å². The van der Waals surface area contributed by atoms with E-state index in [2.05, 4.69) is 10.6 Å². The van der Waals surface area contributed by atoms with Crippen LogP contribution in [0.5, 0.6) is 0 Å². The Kier molecular flexibility index (Phi) is 5.49. The van der Waals surface area contributed by atoms with Crippen molar-refractivity contribution in [2.75, 3.05) is 11.9 Å². The number of anilines is 1. The molecule has 2 N–H and O–H groups in total. The second kappa shape index (κ2) is 7.57. The van der Waals surface area contributed by atoms with Gasteiger partial charge < -0.3 is 10.6 Å². The van der Waals surface area contributed by atoms with E-state index in [-0.39, 0.29) is 17.8 Å². The summed E-state index contributed by atoms with van der Waals surface area (Å²) < 4.78 is 0. The molecule has 0 aromatic heterocycles. The first-order valence-electron chi connectivity index (χ1n) is 7.69. The van der Waals surface area contributed by atoms with Crippen LogP contribution in [-0.2, 0) is 4.79 Å². The lowest BCUT2D eigenvalue weighted by Gasteiger charge is -2.13. The van der Waals surface area contributed by atoms with Crippen molar-refractivity contribution in [2.45, 2.75) is 20.8 Å². The Labute approximate surface area is 145 Å². The minimum Gasteiger partial charge on any atom is -0.343 e. The number of nitro benzene ring substituents is 1. The molecular formula is C18H19N3O4. The van der Waals surface area contributed by atoms with Gasteiger partial charge in [-0.05, 0) is 38.0 Å². The summed E-state index contributed by atoms with van der Waals surface area (Å²) >= 11 is 0. The molecule has 0 aliphatic heterocycles. The number of benzene rings is 2. The average molecular weight is 341 g/mol. The van der Waals surface area contributed by atoms with E-state index in [9.17, 15) is 19.7 Å². The molecule has 2 amide bonds. The molecule has 0 heterocycles. The van der Waals surface area contributed by atoms with Crippen LogP contribution in [0.15, 0.2) is 36.4 Å². The van der Waals surface area contributed by atoms with Crippen LogP contribution in [-0.4, -0.2) is 23.3 Å². The lowest BCUT2D eigenvalue weighted by molar-refractivity contribution is -0.385. The van der Waals surface area contributed by atoms with E-state index in [1.54, 1.807) is 0 Å². The Morgan fingerprint density at radius 1 is 1.08 bits per heavy atom. The molecular weight excluding hydrogens is 322 g/mol. The fourth-order valence-electron chi connectivity index (χ4n) is 2.64. The minimum absolute atomic E-state index is 0.0806. The van der Waals surface area contributed by atoms with Crippen LogP contribution in [0.3, 0.4) is 0 Å². The lowest BCUT2D eigenvalue weighted by Crippen LogP contribution is -2.33. The van der Waals surface area contributed by atoms with Crippen LogP contribution >= 0.6 is 0 Å². The molecule has 0 bridgehead atoms. The van der Waals surface area contributed by atoms with Gasteiger partial charge in [-0.25, -0.2) is 0 Å². The van der Waals surface area contributed by atoms with Gasteiger partial charge in [0.15, 0.2) is 0 Å². The number of amides is 2. The van der Waals surface area contributed by atoms with Crippen LogP contribution < -0.4 is 10.6 Å². The standard InChI is InChI=1S/C18H19N3O4/c1-11-8-12(2)17(13(3)9-11)20-16(22)10-19-18(23)14-6-4-5-7-15(14)21(24)25/h4-9H,10H2,1-3H3,(H,19,23)(H,20,22). The summed E-state index contributed by atoms with van der Waals surface area (Å²) in [6.07, 6.45) is 0. The van der Waals surface area contributed by atoms with E-state index < -0.39 is 16.7 Å². The summed E-state index contributed by atoms with van der Waals surface area (Å²) in [6, 6.07) is 9.50. The summed E-state index contributed by atoms with van der Waals surface area (Å²) in [7, 11) is 0. The van der Waals surface area contributed by atoms with Crippen LogP contribution in [0.1, 0.15) is 27.0 Å². The Morgan fingerprint density at radius 3 is 2.28 bits per heavy atom. The normalized spacial score (nSPS) is 10.2. The number of nitrogens with zero attached hydrogens (tertiary/aromatic N) is 1. The van der Waals surface area contributed by atoms with Crippen molar-refractivity contribution < 1.29 is 14.5 Å². The quantitative estimate of drug-likeness (QED) is 0.645. The number of carbonyl (C=O) groups is 2. The second-order valence-electron chi connectivity index (χ2n) is 5.78. The number of hydrogen-bond acceptors (Lipinski definition) is 4. The van der Waals surface area contributed by atoms with Gasteiger partial charge in [-0.1, -0.05) is 29.8 Å². The van der Waals surface area contributed by atoms with Crippen molar-refractivity contribution in [1.82, 2.24) is 5.32 Å². The highest BCUT2D eigenvalue weighted by Gasteiger charge is 2.19. The molecule has 0 aliphatic carbocycles. The minimum atomic E-state index is -0.667. The van der Waals surface area contributed by atoms with Crippen molar-refractivity contribution >= 4 is 23.2 Å². The maximum absolute atomic E-state index is 12.1. The Bertz CT molecular complexity index is 823. The molecule has 0 spiro atoms. The number of para-hydroxylation sites is 1. The Hall–Kier alpha value is -3.22. The van der Waals surface area contributed by atoms with Gasteiger partial charge in [0.05, 0.1) is 11.5 Å². The molecule has 7 nitrogen and oxygen atoms in total. The van der Waals surface area contributed by atoms with Gasteiger partial charge in [0.25, 0.3) is 11.6 Å². The van der Waals surface area contributed by atoms with E-state index in [0.717, 1.165) is 16.7 Å². The molecule has 2 aromatic rings. The third-order valence-corrected chi connectivity index (χ3v) is 3.70. The fraction of sp³-hybridized carbons (Fsp3) is 0.222. The summed E-state index contributed by atoms with van der Waals surface area (Å²) in [5.41, 5.74) is 3.27. The van der Waals surface area contributed by atoms with Gasteiger partial charge in [-0.3, -0.25) is 19.7 Å². The summed E-state index contributed by atoms with van der Waals surface area (Å²) in [6.45, 7) is 5.47. The van der Waals surface area contributed by atoms with Crippen molar-refractivity contribution in [3.63, 3.8) is 0 Å². The molecule has 0 atom stereocenters. The van der Waals surface area contributed by atoms with E-state index in [4.69, 9.17) is 0 Å². The molecule has 130 valence electrons. The third-order valence-electron chi connectivity index (χ3n) is 3.70. The molecule has 0 radical (unpaired) electrons. The zero-order chi connectivity index (χ0) is 18.6. The van der Waals surface area contributed by atoms with E-state index >= 15 is 0 Å². The molecule has 25 heavy (non-hydrogen) atoms. The number of nitrogens with one attached hydrogen (secondary N) is 2. The van der Waals surface area contributed by atoms with Crippen LogP contribution in [0.25, 0.3) is 0 Å². The molecule has 2 rings (SSSR count). The van der Waals surface area contributed by atoms with Crippen LogP contribution in [0.2, 0.25) is 0 Å². The largest absolute Gasteiger partial charge is 0.343 e. The molecule has 0 unspecified atom stereocenters. The molecule has 0 saturated carbocycles. The van der Waals surface area contributed by atoms with Gasteiger partial charge in [-0.2, -0.15) is 0 Å². The third kappa shape index (κ3) is 4.41. The first kappa shape index (κ1) is 18.1. The molecule has 0 saturated heterocycles. The first-order valence-corrected chi connectivity index (χ1v) is 7.69. The summed E-state index contributed by atoms with van der Waals surface area (Å²) in [4.78, 5) is 34.5. The number of hydrogen-bond donors (Lipinski definition) is 2. The van der Waals surface area contributed by atoms with Gasteiger partial charge in [-0.15, -0.1) is 0 Å². The molecule has 0 aliphatic rings. The highest BCUT2D eigenvalue weighted by atomic mass is 16.6. The number of aryl methyl sites for hydroxylation is 3. The molecule has 0 fully saturated rings. The van der Waals surface area contributed by atoms with Crippen molar-refractivity contribution in [2.24, 2.45) is 0 Å². The van der Waals surface area contributed by atoms with Crippen molar-refractivity contribution in [3.8, 4) is 0 Å². The number of nitro groups is 1. The summed E-state index contributed by atoms with van der Waals surface area (Å²) in [5, 5.41) is 16.1. The predicted octanol–water partition coefficient (Wildman–Crippen LogP) is 2.89. The van der Waals surface area contributed by atoms with Crippen LogP contribution in [0, 0.1) is 30.9 Å². The second-order valence-corrected chi connectivity index (χ2v) is 5.78. The van der Waals surface area contributed by atoms with Crippen molar-refractivity contribution in [1.29, 1.82) is 0 Å². The van der Waals surface area contributed by atoms with Gasteiger partial charge in [0, 0.05) is 11.8 Å². The number of rotatable bonds is 5. The maximum Gasteiger partial charge on any atom is 0.282 e. The zero-order valence-electron chi connectivity index (χ0n) is 14.3. The number of carbonyl (C=O) groups excluding carboxylic acids is 2. The van der Waals surface area contributed by atoms with E-state index in [1.165, 1.54) is 24.3 Å². The SMILES string of the molecule is Cc1cc(C)c(NC(=O)CNC(=O)c2ccccc2[N+](=O)[O-])c(C)c1. The van der Waals surface area contributed by atoms with Crippen LogP contribution in [0.4, 0.5) is 11.4 Å². The van der Waals surface area contributed by atoms with E-state index in [0.29, 0.717) is 5.69 Å².